The van der Waals surface area contributed by atoms with Gasteiger partial charge >= 0.3 is 0 Å². The van der Waals surface area contributed by atoms with E-state index < -0.39 is 0 Å². The van der Waals surface area contributed by atoms with E-state index in [2.05, 4.69) is 51.2 Å². The van der Waals surface area contributed by atoms with Gasteiger partial charge in [-0.15, -0.1) is 0 Å². The van der Waals surface area contributed by atoms with Crippen LogP contribution in [0, 0.1) is 11.3 Å². The molecule has 0 radical (unpaired) electrons. The van der Waals surface area contributed by atoms with Gasteiger partial charge in [-0.25, -0.2) is 0 Å². The zero-order valence-corrected chi connectivity index (χ0v) is 10.9. The number of benzene rings is 1. The number of rotatable bonds is 1. The molecule has 1 heterocycles. The average Bonchev–Trinajstić information content (AvgIpc) is 2.26. The van der Waals surface area contributed by atoms with Crippen molar-refractivity contribution >= 4 is 5.69 Å². The van der Waals surface area contributed by atoms with Crippen LogP contribution in [0.25, 0.3) is 0 Å². The molecule has 0 amide bonds. The summed E-state index contributed by atoms with van der Waals surface area (Å²) in [5.41, 5.74) is 4.70. The molecule has 16 heavy (non-hydrogen) atoms. The Morgan fingerprint density at radius 3 is 2.69 bits per heavy atom. The van der Waals surface area contributed by atoms with Gasteiger partial charge in [-0.1, -0.05) is 39.8 Å². The van der Waals surface area contributed by atoms with Crippen LogP contribution in [-0.2, 0) is 12.8 Å². The van der Waals surface area contributed by atoms with E-state index in [1.807, 2.05) is 0 Å². The van der Waals surface area contributed by atoms with Crippen LogP contribution in [0.4, 0.5) is 5.69 Å². The van der Waals surface area contributed by atoms with Gasteiger partial charge < -0.3 is 5.32 Å². The van der Waals surface area contributed by atoms with Crippen molar-refractivity contribution in [2.24, 2.45) is 11.3 Å². The molecule has 1 nitrogen and oxygen atoms in total. The van der Waals surface area contributed by atoms with E-state index in [0.717, 1.165) is 18.9 Å². The van der Waals surface area contributed by atoms with Crippen LogP contribution in [-0.4, -0.2) is 6.54 Å². The van der Waals surface area contributed by atoms with Crippen LogP contribution in [0.5, 0.6) is 0 Å². The molecular formula is C15H23N. The molecule has 1 heteroatoms. The second-order valence-electron chi connectivity index (χ2n) is 5.99. The topological polar surface area (TPSA) is 12.0 Å². The van der Waals surface area contributed by atoms with Crippen molar-refractivity contribution in [1.29, 1.82) is 0 Å². The Bertz CT molecular complexity index is 374. The second kappa shape index (κ2) is 4.12. The Balaban J connectivity index is 2.25. The molecule has 1 aromatic carbocycles. The molecule has 1 unspecified atom stereocenters. The fourth-order valence-corrected chi connectivity index (χ4v) is 2.39. The molecule has 0 saturated heterocycles. The number of hydrogen-bond donors (Lipinski definition) is 1. The van der Waals surface area contributed by atoms with Gasteiger partial charge in [0, 0.05) is 12.2 Å². The van der Waals surface area contributed by atoms with Gasteiger partial charge in [0.15, 0.2) is 0 Å². The molecule has 0 spiro atoms. The number of nitrogens with one attached hydrogen (secondary N) is 1. The summed E-state index contributed by atoms with van der Waals surface area (Å²) in [6, 6.07) is 6.86. The van der Waals surface area contributed by atoms with Crippen molar-refractivity contribution < 1.29 is 0 Å². The van der Waals surface area contributed by atoms with Crippen molar-refractivity contribution in [1.82, 2.24) is 0 Å². The maximum absolute atomic E-state index is 3.57. The molecule has 0 saturated carbocycles. The molecule has 0 aromatic heterocycles. The van der Waals surface area contributed by atoms with E-state index in [1.54, 1.807) is 0 Å². The van der Waals surface area contributed by atoms with Gasteiger partial charge in [0.05, 0.1) is 0 Å². The Labute approximate surface area is 99.3 Å². The van der Waals surface area contributed by atoms with Crippen molar-refractivity contribution in [3.05, 3.63) is 29.3 Å². The number of fused-ring (bicyclic) bond motifs is 1. The Kier molecular flexibility index (Phi) is 2.96. The van der Waals surface area contributed by atoms with Crippen LogP contribution >= 0.6 is 0 Å². The summed E-state index contributed by atoms with van der Waals surface area (Å²) in [6.07, 6.45) is 2.35. The van der Waals surface area contributed by atoms with Gasteiger partial charge in [0.2, 0.25) is 0 Å². The predicted octanol–water partition coefficient (Wildman–Crippen LogP) is 3.88. The standard InChI is InChI=1S/C15H23N/c1-5-11-6-7-14-12(8-11)9-13(10-16-14)15(2,3)4/h6-8,13,16H,5,9-10H2,1-4H3. The summed E-state index contributed by atoms with van der Waals surface area (Å²) >= 11 is 0. The smallest absolute Gasteiger partial charge is 0.0373 e. The van der Waals surface area contributed by atoms with Crippen LogP contribution in [0.15, 0.2) is 18.2 Å². The zero-order chi connectivity index (χ0) is 11.8. The Hall–Kier alpha value is -0.980. The van der Waals surface area contributed by atoms with Crippen LogP contribution in [0.3, 0.4) is 0 Å². The summed E-state index contributed by atoms with van der Waals surface area (Å²) in [7, 11) is 0. The first-order valence-electron chi connectivity index (χ1n) is 6.36. The summed E-state index contributed by atoms with van der Waals surface area (Å²) in [5.74, 6) is 0.743. The van der Waals surface area contributed by atoms with E-state index >= 15 is 0 Å². The van der Waals surface area contributed by atoms with Gasteiger partial charge in [-0.3, -0.25) is 0 Å². The quantitative estimate of drug-likeness (QED) is 0.752. The predicted molar refractivity (Wildman–Crippen MR) is 71.0 cm³/mol. The van der Waals surface area contributed by atoms with Crippen molar-refractivity contribution in [3.8, 4) is 0 Å². The van der Waals surface area contributed by atoms with E-state index in [1.165, 1.54) is 23.2 Å². The second-order valence-corrected chi connectivity index (χ2v) is 5.99. The molecule has 1 aliphatic heterocycles. The summed E-state index contributed by atoms with van der Waals surface area (Å²) in [6.45, 7) is 10.4. The lowest BCUT2D eigenvalue weighted by atomic mass is 9.75. The van der Waals surface area contributed by atoms with Gasteiger partial charge in [0.1, 0.15) is 0 Å². The fourth-order valence-electron chi connectivity index (χ4n) is 2.39. The molecule has 1 N–H and O–H groups in total. The van der Waals surface area contributed by atoms with Gasteiger partial charge in [-0.2, -0.15) is 0 Å². The van der Waals surface area contributed by atoms with Crippen molar-refractivity contribution in [2.45, 2.75) is 40.5 Å². The Morgan fingerprint density at radius 1 is 1.31 bits per heavy atom. The lowest BCUT2D eigenvalue weighted by Gasteiger charge is -2.35. The molecule has 88 valence electrons. The first kappa shape index (κ1) is 11.5. The van der Waals surface area contributed by atoms with Crippen molar-refractivity contribution in [2.75, 3.05) is 11.9 Å². The van der Waals surface area contributed by atoms with E-state index in [4.69, 9.17) is 0 Å². The zero-order valence-electron chi connectivity index (χ0n) is 10.9. The summed E-state index contributed by atoms with van der Waals surface area (Å²) in [5, 5.41) is 3.57. The number of anilines is 1. The van der Waals surface area contributed by atoms with Crippen LogP contribution < -0.4 is 5.32 Å². The average molecular weight is 217 g/mol. The lowest BCUT2D eigenvalue weighted by molar-refractivity contribution is 0.247. The molecular weight excluding hydrogens is 194 g/mol. The molecule has 1 aliphatic rings. The maximum Gasteiger partial charge on any atom is 0.0373 e. The highest BCUT2D eigenvalue weighted by Gasteiger charge is 2.28. The van der Waals surface area contributed by atoms with Crippen molar-refractivity contribution in [3.63, 3.8) is 0 Å². The third kappa shape index (κ3) is 2.23. The number of hydrogen-bond acceptors (Lipinski definition) is 1. The monoisotopic (exact) mass is 217 g/mol. The molecule has 1 atom stereocenters. The minimum atomic E-state index is 0.396. The highest BCUT2D eigenvalue weighted by molar-refractivity contribution is 5.54. The van der Waals surface area contributed by atoms with Gasteiger partial charge in [0.25, 0.3) is 0 Å². The molecule has 0 bridgehead atoms. The Morgan fingerprint density at radius 2 is 2.06 bits per heavy atom. The summed E-state index contributed by atoms with van der Waals surface area (Å²) in [4.78, 5) is 0. The summed E-state index contributed by atoms with van der Waals surface area (Å²) < 4.78 is 0. The minimum Gasteiger partial charge on any atom is -0.385 e. The molecule has 2 rings (SSSR count). The normalized spacial score (nSPS) is 20.1. The fraction of sp³-hybridized carbons (Fsp3) is 0.600. The molecule has 1 aromatic rings. The van der Waals surface area contributed by atoms with E-state index in [0.29, 0.717) is 5.41 Å². The SMILES string of the molecule is CCc1ccc2c(c1)CC(C(C)(C)C)CN2. The maximum atomic E-state index is 3.57. The highest BCUT2D eigenvalue weighted by atomic mass is 14.9. The third-order valence-corrected chi connectivity index (χ3v) is 3.81. The first-order valence-corrected chi connectivity index (χ1v) is 6.36. The highest BCUT2D eigenvalue weighted by Crippen LogP contribution is 2.35. The van der Waals surface area contributed by atoms with Gasteiger partial charge in [-0.05, 0) is 41.4 Å². The lowest BCUT2D eigenvalue weighted by Crippen LogP contribution is -2.33. The van der Waals surface area contributed by atoms with E-state index in [9.17, 15) is 0 Å². The largest absolute Gasteiger partial charge is 0.385 e. The first-order chi connectivity index (χ1) is 7.50. The van der Waals surface area contributed by atoms with Crippen LogP contribution in [0.2, 0.25) is 0 Å². The third-order valence-electron chi connectivity index (χ3n) is 3.81. The van der Waals surface area contributed by atoms with E-state index in [-0.39, 0.29) is 0 Å². The molecule has 0 fully saturated rings. The molecule has 0 aliphatic carbocycles. The van der Waals surface area contributed by atoms with Crippen LogP contribution in [0.1, 0.15) is 38.8 Å². The minimum absolute atomic E-state index is 0.396. The number of aryl methyl sites for hydroxylation is 1.